The highest BCUT2D eigenvalue weighted by molar-refractivity contribution is 8.00. The van der Waals surface area contributed by atoms with Crippen molar-refractivity contribution in [3.8, 4) is 0 Å². The molecule has 0 aliphatic carbocycles. The van der Waals surface area contributed by atoms with Crippen LogP contribution in [0.2, 0.25) is 0 Å². The molecule has 1 atom stereocenters. The van der Waals surface area contributed by atoms with Gasteiger partial charge in [0, 0.05) is 6.07 Å². The number of hydrogen-bond donors (Lipinski definition) is 1. The van der Waals surface area contributed by atoms with E-state index in [4.69, 9.17) is 8.94 Å². The van der Waals surface area contributed by atoms with E-state index in [1.165, 1.54) is 11.8 Å². The molecule has 6 nitrogen and oxygen atoms in total. The number of rotatable bonds is 4. The molecule has 0 saturated heterocycles. The molecular weight excluding hydrogens is 266 g/mol. The van der Waals surface area contributed by atoms with Crippen LogP contribution >= 0.6 is 11.8 Å². The number of aromatic nitrogens is 2. The van der Waals surface area contributed by atoms with Gasteiger partial charge in [-0.2, -0.15) is 0 Å². The normalized spacial score (nSPS) is 12.4. The van der Waals surface area contributed by atoms with Crippen LogP contribution in [-0.4, -0.2) is 21.3 Å². The first kappa shape index (κ1) is 13.7. The van der Waals surface area contributed by atoms with Crippen LogP contribution in [0.4, 0.5) is 5.88 Å². The van der Waals surface area contributed by atoms with Gasteiger partial charge >= 0.3 is 0 Å². The van der Waals surface area contributed by atoms with Crippen molar-refractivity contribution in [2.24, 2.45) is 0 Å². The van der Waals surface area contributed by atoms with Gasteiger partial charge in [0.15, 0.2) is 0 Å². The topological polar surface area (TPSA) is 81.2 Å². The van der Waals surface area contributed by atoms with E-state index in [9.17, 15) is 4.79 Å². The van der Waals surface area contributed by atoms with E-state index < -0.39 is 0 Å². The molecule has 19 heavy (non-hydrogen) atoms. The molecule has 0 spiro atoms. The van der Waals surface area contributed by atoms with Gasteiger partial charge in [0.25, 0.3) is 5.22 Å². The third-order valence-corrected chi connectivity index (χ3v) is 3.47. The van der Waals surface area contributed by atoms with E-state index in [2.05, 4.69) is 15.5 Å². The second-order valence-electron chi connectivity index (χ2n) is 4.20. The second-order valence-corrected chi connectivity index (χ2v) is 5.50. The van der Waals surface area contributed by atoms with E-state index in [0.717, 1.165) is 17.1 Å². The Morgan fingerprint density at radius 3 is 2.68 bits per heavy atom. The van der Waals surface area contributed by atoms with Gasteiger partial charge in [0.1, 0.15) is 5.76 Å². The Kier molecular flexibility index (Phi) is 3.94. The number of carbonyl (C=O) groups is 1. The number of anilines is 1. The zero-order valence-corrected chi connectivity index (χ0v) is 12.0. The molecule has 7 heteroatoms. The molecule has 2 rings (SSSR count). The Morgan fingerprint density at radius 2 is 2.16 bits per heavy atom. The van der Waals surface area contributed by atoms with Crippen molar-refractivity contribution in [3.63, 3.8) is 0 Å². The molecule has 2 heterocycles. The molecule has 102 valence electrons. The minimum atomic E-state index is -0.345. The SMILES string of the molecule is Cc1cc(NC(=O)[C@H](C)Sc2nc(C)c(C)o2)on1. The Hall–Kier alpha value is -1.76. The molecule has 0 unspecified atom stereocenters. The number of oxazole rings is 1. The summed E-state index contributed by atoms with van der Waals surface area (Å²) in [5.74, 6) is 0.922. The Bertz CT molecular complexity index is 571. The largest absolute Gasteiger partial charge is 0.437 e. The van der Waals surface area contributed by atoms with E-state index in [1.807, 2.05) is 13.8 Å². The minimum Gasteiger partial charge on any atom is -0.437 e. The smallest absolute Gasteiger partial charge is 0.256 e. The molecule has 1 amide bonds. The molecular formula is C12H15N3O3S. The fourth-order valence-electron chi connectivity index (χ4n) is 1.34. The van der Waals surface area contributed by atoms with E-state index in [-0.39, 0.29) is 11.2 Å². The van der Waals surface area contributed by atoms with Crippen LogP contribution in [0.3, 0.4) is 0 Å². The van der Waals surface area contributed by atoms with Crippen LogP contribution in [0, 0.1) is 20.8 Å². The van der Waals surface area contributed by atoms with E-state index in [1.54, 1.807) is 19.9 Å². The predicted octanol–water partition coefficient (Wildman–Crippen LogP) is 2.71. The molecule has 0 aliphatic heterocycles. The highest BCUT2D eigenvalue weighted by atomic mass is 32.2. The standard InChI is InChI=1S/C12H15N3O3S/c1-6-5-10(18-15-6)14-11(16)9(4)19-12-13-7(2)8(3)17-12/h5,9H,1-4H3,(H,14,16)/t9-/m0/s1. The van der Waals surface area contributed by atoms with Crippen molar-refractivity contribution >= 4 is 23.6 Å². The van der Waals surface area contributed by atoms with Crippen LogP contribution < -0.4 is 5.32 Å². The Balaban J connectivity index is 1.95. The summed E-state index contributed by atoms with van der Waals surface area (Å²) >= 11 is 1.26. The Labute approximate surface area is 114 Å². The second kappa shape index (κ2) is 5.48. The average Bonchev–Trinajstić information content (AvgIpc) is 2.86. The molecule has 0 fully saturated rings. The third kappa shape index (κ3) is 3.37. The van der Waals surface area contributed by atoms with Crippen molar-refractivity contribution in [3.05, 3.63) is 23.2 Å². The number of nitrogens with one attached hydrogen (secondary N) is 1. The lowest BCUT2D eigenvalue weighted by molar-refractivity contribution is -0.115. The number of carbonyl (C=O) groups excluding carboxylic acids is 1. The molecule has 1 N–H and O–H groups in total. The predicted molar refractivity (Wildman–Crippen MR) is 71.2 cm³/mol. The summed E-state index contributed by atoms with van der Waals surface area (Å²) < 4.78 is 10.4. The highest BCUT2D eigenvalue weighted by Gasteiger charge is 2.19. The fourth-order valence-corrected chi connectivity index (χ4v) is 2.18. The van der Waals surface area contributed by atoms with Crippen LogP contribution in [-0.2, 0) is 4.79 Å². The van der Waals surface area contributed by atoms with Crippen molar-refractivity contribution in [2.75, 3.05) is 5.32 Å². The van der Waals surface area contributed by atoms with Gasteiger partial charge in [-0.15, -0.1) is 0 Å². The maximum Gasteiger partial charge on any atom is 0.256 e. The van der Waals surface area contributed by atoms with Crippen molar-refractivity contribution < 1.29 is 13.7 Å². The van der Waals surface area contributed by atoms with Gasteiger partial charge in [-0.3, -0.25) is 10.1 Å². The van der Waals surface area contributed by atoms with Gasteiger partial charge in [0.2, 0.25) is 11.8 Å². The van der Waals surface area contributed by atoms with Gasteiger partial charge in [-0.1, -0.05) is 16.9 Å². The number of hydrogen-bond acceptors (Lipinski definition) is 6. The van der Waals surface area contributed by atoms with Crippen LogP contribution in [0.25, 0.3) is 0 Å². The van der Waals surface area contributed by atoms with Gasteiger partial charge in [0.05, 0.1) is 16.6 Å². The number of amides is 1. The maximum atomic E-state index is 11.9. The molecule has 0 aromatic carbocycles. The summed E-state index contributed by atoms with van der Waals surface area (Å²) in [6.07, 6.45) is 0. The number of thioether (sulfide) groups is 1. The fraction of sp³-hybridized carbons (Fsp3) is 0.417. The van der Waals surface area contributed by atoms with E-state index >= 15 is 0 Å². The molecule has 0 saturated carbocycles. The lowest BCUT2D eigenvalue weighted by atomic mass is 10.4. The van der Waals surface area contributed by atoms with Crippen LogP contribution in [0.1, 0.15) is 24.1 Å². The average molecular weight is 281 g/mol. The van der Waals surface area contributed by atoms with Crippen LogP contribution in [0.15, 0.2) is 20.2 Å². The molecule has 2 aromatic heterocycles. The molecule has 2 aromatic rings. The van der Waals surface area contributed by atoms with Crippen molar-refractivity contribution in [1.82, 2.24) is 10.1 Å². The van der Waals surface area contributed by atoms with Crippen molar-refractivity contribution in [1.29, 1.82) is 0 Å². The summed E-state index contributed by atoms with van der Waals surface area (Å²) in [6.45, 7) is 7.27. The first-order valence-corrected chi connectivity index (χ1v) is 6.68. The summed E-state index contributed by atoms with van der Waals surface area (Å²) in [5, 5.41) is 6.49. The summed E-state index contributed by atoms with van der Waals surface area (Å²) in [4.78, 5) is 16.2. The minimum absolute atomic E-state index is 0.186. The van der Waals surface area contributed by atoms with Crippen molar-refractivity contribution in [2.45, 2.75) is 38.2 Å². The number of aryl methyl sites for hydroxylation is 3. The quantitative estimate of drug-likeness (QED) is 0.868. The van der Waals surface area contributed by atoms with Gasteiger partial charge in [-0.05, 0) is 27.7 Å². The van der Waals surface area contributed by atoms with Gasteiger partial charge in [-0.25, -0.2) is 4.98 Å². The zero-order chi connectivity index (χ0) is 14.0. The number of nitrogens with zero attached hydrogens (tertiary/aromatic N) is 2. The lowest BCUT2D eigenvalue weighted by Crippen LogP contribution is -2.22. The summed E-state index contributed by atoms with van der Waals surface area (Å²) in [7, 11) is 0. The first-order chi connectivity index (χ1) is 8.95. The van der Waals surface area contributed by atoms with Gasteiger partial charge < -0.3 is 8.94 Å². The maximum absolute atomic E-state index is 11.9. The monoisotopic (exact) mass is 281 g/mol. The summed E-state index contributed by atoms with van der Waals surface area (Å²) in [6, 6.07) is 1.66. The molecule has 0 aliphatic rings. The Morgan fingerprint density at radius 1 is 1.42 bits per heavy atom. The first-order valence-electron chi connectivity index (χ1n) is 5.80. The van der Waals surface area contributed by atoms with E-state index in [0.29, 0.717) is 11.1 Å². The summed E-state index contributed by atoms with van der Waals surface area (Å²) in [5.41, 5.74) is 1.55. The molecule has 0 bridgehead atoms. The highest BCUT2D eigenvalue weighted by Crippen LogP contribution is 2.25. The lowest BCUT2D eigenvalue weighted by Gasteiger charge is -2.06. The zero-order valence-electron chi connectivity index (χ0n) is 11.2. The third-order valence-electron chi connectivity index (χ3n) is 2.53. The van der Waals surface area contributed by atoms with Crippen LogP contribution in [0.5, 0.6) is 0 Å². The molecule has 0 radical (unpaired) electrons.